The standard InChI is InChI=1S/C10H18O.C2H6/c1-7(11)10-5-8-2-3-9(4-8)6-10;1-2/h7-11H,2-6H2,1H3;1-2H3. The Morgan fingerprint density at radius 1 is 1.00 bits per heavy atom. The minimum absolute atomic E-state index is 0.0570. The first-order valence-corrected chi connectivity index (χ1v) is 5.93. The smallest absolute Gasteiger partial charge is 0.0540 e. The topological polar surface area (TPSA) is 20.2 Å². The lowest BCUT2D eigenvalue weighted by atomic mass is 9.79. The summed E-state index contributed by atoms with van der Waals surface area (Å²) in [7, 11) is 0. The van der Waals surface area contributed by atoms with Crippen molar-refractivity contribution in [3.05, 3.63) is 0 Å². The second kappa shape index (κ2) is 4.99. The van der Waals surface area contributed by atoms with Crippen LogP contribution in [-0.2, 0) is 0 Å². The van der Waals surface area contributed by atoms with Crippen LogP contribution in [0.15, 0.2) is 0 Å². The highest BCUT2D eigenvalue weighted by Gasteiger charge is 2.35. The predicted octanol–water partition coefficient (Wildman–Crippen LogP) is 3.22. The van der Waals surface area contributed by atoms with Gasteiger partial charge in [0, 0.05) is 0 Å². The Bertz CT molecular complexity index is 130. The summed E-state index contributed by atoms with van der Waals surface area (Å²) in [5.41, 5.74) is 0. The van der Waals surface area contributed by atoms with E-state index in [1.165, 1.54) is 32.1 Å². The van der Waals surface area contributed by atoms with Crippen molar-refractivity contribution < 1.29 is 5.11 Å². The van der Waals surface area contributed by atoms with Crippen molar-refractivity contribution in [1.29, 1.82) is 0 Å². The van der Waals surface area contributed by atoms with Crippen molar-refractivity contribution in [2.75, 3.05) is 0 Å². The van der Waals surface area contributed by atoms with Gasteiger partial charge in [-0.1, -0.05) is 26.7 Å². The van der Waals surface area contributed by atoms with E-state index in [0.29, 0.717) is 5.92 Å². The summed E-state index contributed by atoms with van der Waals surface area (Å²) in [5.74, 6) is 2.56. The molecule has 78 valence electrons. The molecule has 2 aliphatic rings. The highest BCUT2D eigenvalue weighted by molar-refractivity contribution is 4.86. The van der Waals surface area contributed by atoms with Crippen LogP contribution in [0.5, 0.6) is 0 Å². The highest BCUT2D eigenvalue weighted by Crippen LogP contribution is 2.45. The van der Waals surface area contributed by atoms with Gasteiger partial charge in [-0.25, -0.2) is 0 Å². The SMILES string of the molecule is CC.CC(O)C1CC2CCC(C2)C1. The molecule has 0 spiro atoms. The second-order valence-corrected chi connectivity index (χ2v) is 4.52. The Balaban J connectivity index is 0.000000396. The van der Waals surface area contributed by atoms with Gasteiger partial charge in [0.25, 0.3) is 0 Å². The van der Waals surface area contributed by atoms with Gasteiger partial charge in [-0.2, -0.15) is 0 Å². The average molecular weight is 184 g/mol. The van der Waals surface area contributed by atoms with E-state index in [9.17, 15) is 5.11 Å². The van der Waals surface area contributed by atoms with Gasteiger partial charge in [-0.05, 0) is 43.9 Å². The van der Waals surface area contributed by atoms with Crippen LogP contribution >= 0.6 is 0 Å². The first-order chi connectivity index (χ1) is 6.25. The van der Waals surface area contributed by atoms with Gasteiger partial charge < -0.3 is 5.11 Å². The first-order valence-electron chi connectivity index (χ1n) is 5.93. The summed E-state index contributed by atoms with van der Waals surface area (Å²) < 4.78 is 0. The van der Waals surface area contributed by atoms with E-state index in [1.54, 1.807) is 0 Å². The van der Waals surface area contributed by atoms with E-state index in [1.807, 2.05) is 20.8 Å². The zero-order valence-electron chi connectivity index (χ0n) is 9.29. The van der Waals surface area contributed by atoms with Crippen LogP contribution in [0.4, 0.5) is 0 Å². The van der Waals surface area contributed by atoms with Gasteiger partial charge in [0.05, 0.1) is 6.10 Å². The van der Waals surface area contributed by atoms with Crippen LogP contribution in [0.2, 0.25) is 0 Å². The monoisotopic (exact) mass is 184 g/mol. The van der Waals surface area contributed by atoms with Crippen molar-refractivity contribution in [3.8, 4) is 0 Å². The zero-order chi connectivity index (χ0) is 9.84. The molecule has 0 aromatic rings. The molecule has 0 heterocycles. The Morgan fingerprint density at radius 2 is 1.46 bits per heavy atom. The third-order valence-corrected chi connectivity index (χ3v) is 3.60. The Labute approximate surface area is 82.5 Å². The van der Waals surface area contributed by atoms with Crippen LogP contribution in [-0.4, -0.2) is 11.2 Å². The van der Waals surface area contributed by atoms with Crippen LogP contribution in [0.1, 0.15) is 52.9 Å². The molecule has 1 nitrogen and oxygen atoms in total. The molecular weight excluding hydrogens is 160 g/mol. The Hall–Kier alpha value is -0.0400. The summed E-state index contributed by atoms with van der Waals surface area (Å²) in [6.07, 6.45) is 6.88. The largest absolute Gasteiger partial charge is 0.393 e. The van der Waals surface area contributed by atoms with Gasteiger partial charge in [0.15, 0.2) is 0 Å². The molecule has 0 amide bonds. The first kappa shape index (κ1) is 11.0. The molecule has 3 atom stereocenters. The van der Waals surface area contributed by atoms with Gasteiger partial charge in [-0.3, -0.25) is 0 Å². The van der Waals surface area contributed by atoms with Crippen molar-refractivity contribution in [3.63, 3.8) is 0 Å². The van der Waals surface area contributed by atoms with Crippen LogP contribution < -0.4 is 0 Å². The molecule has 0 radical (unpaired) electrons. The van der Waals surface area contributed by atoms with Gasteiger partial charge in [-0.15, -0.1) is 0 Å². The third-order valence-electron chi connectivity index (χ3n) is 3.60. The van der Waals surface area contributed by atoms with E-state index in [-0.39, 0.29) is 6.10 Å². The number of aliphatic hydroxyl groups excluding tert-OH is 1. The fourth-order valence-electron chi connectivity index (χ4n) is 2.95. The highest BCUT2D eigenvalue weighted by atomic mass is 16.3. The van der Waals surface area contributed by atoms with Crippen LogP contribution in [0.3, 0.4) is 0 Å². The van der Waals surface area contributed by atoms with Gasteiger partial charge >= 0.3 is 0 Å². The van der Waals surface area contributed by atoms with E-state index in [4.69, 9.17) is 0 Å². The normalized spacial score (nSPS) is 39.2. The maximum Gasteiger partial charge on any atom is 0.0540 e. The molecule has 0 saturated heterocycles. The number of hydrogen-bond acceptors (Lipinski definition) is 1. The van der Waals surface area contributed by atoms with Gasteiger partial charge in [0.2, 0.25) is 0 Å². The number of hydrogen-bond donors (Lipinski definition) is 1. The minimum atomic E-state index is -0.0570. The molecule has 2 aliphatic carbocycles. The molecule has 0 aromatic carbocycles. The maximum absolute atomic E-state index is 9.44. The molecule has 2 saturated carbocycles. The molecular formula is C12H24O. The average Bonchev–Trinajstić information content (AvgIpc) is 2.48. The van der Waals surface area contributed by atoms with E-state index >= 15 is 0 Å². The van der Waals surface area contributed by atoms with Gasteiger partial charge in [0.1, 0.15) is 0 Å². The molecule has 2 rings (SSSR count). The lowest BCUT2D eigenvalue weighted by Gasteiger charge is -2.29. The number of rotatable bonds is 1. The summed E-state index contributed by atoms with van der Waals surface area (Å²) >= 11 is 0. The number of aliphatic hydroxyl groups is 1. The second-order valence-electron chi connectivity index (χ2n) is 4.52. The predicted molar refractivity (Wildman–Crippen MR) is 56.6 cm³/mol. The van der Waals surface area contributed by atoms with E-state index in [2.05, 4.69) is 0 Å². The van der Waals surface area contributed by atoms with Crippen molar-refractivity contribution in [1.82, 2.24) is 0 Å². The molecule has 1 N–H and O–H groups in total. The fourth-order valence-corrected chi connectivity index (χ4v) is 2.95. The fraction of sp³-hybridized carbons (Fsp3) is 1.00. The summed E-state index contributed by atoms with van der Waals surface area (Å²) in [4.78, 5) is 0. The molecule has 0 aliphatic heterocycles. The molecule has 1 heteroatoms. The van der Waals surface area contributed by atoms with E-state index < -0.39 is 0 Å². The number of fused-ring (bicyclic) bond motifs is 2. The van der Waals surface area contributed by atoms with Crippen molar-refractivity contribution in [2.45, 2.75) is 59.0 Å². The zero-order valence-corrected chi connectivity index (χ0v) is 9.29. The molecule has 2 fully saturated rings. The van der Waals surface area contributed by atoms with Crippen LogP contribution in [0.25, 0.3) is 0 Å². The molecule has 3 unspecified atom stereocenters. The molecule has 0 aromatic heterocycles. The van der Waals surface area contributed by atoms with Crippen LogP contribution in [0, 0.1) is 17.8 Å². The quantitative estimate of drug-likeness (QED) is 0.663. The van der Waals surface area contributed by atoms with Crippen molar-refractivity contribution >= 4 is 0 Å². The molecule has 13 heavy (non-hydrogen) atoms. The Morgan fingerprint density at radius 3 is 1.85 bits per heavy atom. The van der Waals surface area contributed by atoms with E-state index in [0.717, 1.165) is 11.8 Å². The van der Waals surface area contributed by atoms with Crippen molar-refractivity contribution in [2.24, 2.45) is 17.8 Å². The minimum Gasteiger partial charge on any atom is -0.393 e. The third kappa shape index (κ3) is 2.70. The Kier molecular flexibility index (Phi) is 4.24. The lowest BCUT2D eigenvalue weighted by Crippen LogP contribution is -2.24. The molecule has 2 bridgehead atoms. The lowest BCUT2D eigenvalue weighted by molar-refractivity contribution is 0.0801. The summed E-state index contributed by atoms with van der Waals surface area (Å²) in [6, 6.07) is 0. The summed E-state index contributed by atoms with van der Waals surface area (Å²) in [5, 5.41) is 9.44. The maximum atomic E-state index is 9.44. The summed E-state index contributed by atoms with van der Waals surface area (Å²) in [6.45, 7) is 5.95.